The standard InChI is InChI=1S/C11H14FO/c1-8-4-10(6-11(12)5-8)9(2)7-13-3/h4-6H,7H2,1-3H3. The number of halogens is 1. The molecule has 0 amide bonds. The summed E-state index contributed by atoms with van der Waals surface area (Å²) in [6.45, 7) is 4.37. The molecule has 0 saturated heterocycles. The first-order valence-electron chi connectivity index (χ1n) is 4.22. The average Bonchev–Trinajstić information content (AvgIpc) is 2.03. The molecule has 0 atom stereocenters. The molecule has 0 saturated carbocycles. The summed E-state index contributed by atoms with van der Waals surface area (Å²) >= 11 is 0. The maximum atomic E-state index is 13.0. The molecule has 0 aliphatic carbocycles. The largest absolute Gasteiger partial charge is 0.384 e. The number of methoxy groups -OCH3 is 1. The third kappa shape index (κ3) is 2.81. The van der Waals surface area contributed by atoms with Gasteiger partial charge in [0.2, 0.25) is 0 Å². The molecule has 0 aliphatic rings. The molecule has 0 heterocycles. The Balaban J connectivity index is 2.87. The Morgan fingerprint density at radius 1 is 1.38 bits per heavy atom. The van der Waals surface area contributed by atoms with Gasteiger partial charge in [-0.2, -0.15) is 0 Å². The Labute approximate surface area is 78.5 Å². The van der Waals surface area contributed by atoms with Crippen LogP contribution in [0.2, 0.25) is 0 Å². The van der Waals surface area contributed by atoms with Gasteiger partial charge in [-0.3, -0.25) is 0 Å². The van der Waals surface area contributed by atoms with Gasteiger partial charge in [0, 0.05) is 13.0 Å². The highest BCUT2D eigenvalue weighted by Gasteiger charge is 2.07. The molecule has 0 spiro atoms. The van der Waals surface area contributed by atoms with Crippen LogP contribution >= 0.6 is 0 Å². The smallest absolute Gasteiger partial charge is 0.123 e. The Morgan fingerprint density at radius 3 is 2.62 bits per heavy atom. The molecule has 71 valence electrons. The summed E-state index contributed by atoms with van der Waals surface area (Å²) in [5.74, 6) is 0.857. The van der Waals surface area contributed by atoms with E-state index in [1.807, 2.05) is 19.9 Å². The highest BCUT2D eigenvalue weighted by molar-refractivity contribution is 5.33. The van der Waals surface area contributed by atoms with Gasteiger partial charge in [0.05, 0.1) is 6.61 Å². The van der Waals surface area contributed by atoms with E-state index in [-0.39, 0.29) is 5.82 Å². The normalized spacial score (nSPS) is 10.8. The van der Waals surface area contributed by atoms with Crippen LogP contribution in [0.4, 0.5) is 4.39 Å². The van der Waals surface area contributed by atoms with Crippen LogP contribution in [0.25, 0.3) is 0 Å². The molecule has 1 aromatic carbocycles. The van der Waals surface area contributed by atoms with Crippen molar-refractivity contribution in [1.82, 2.24) is 0 Å². The lowest BCUT2D eigenvalue weighted by atomic mass is 10.00. The topological polar surface area (TPSA) is 9.23 Å². The van der Waals surface area contributed by atoms with E-state index in [1.165, 1.54) is 12.1 Å². The minimum absolute atomic E-state index is 0.189. The predicted molar refractivity (Wildman–Crippen MR) is 51.0 cm³/mol. The van der Waals surface area contributed by atoms with Gasteiger partial charge in [0.25, 0.3) is 0 Å². The van der Waals surface area contributed by atoms with Crippen molar-refractivity contribution >= 4 is 0 Å². The van der Waals surface area contributed by atoms with Gasteiger partial charge in [-0.05, 0) is 30.2 Å². The van der Waals surface area contributed by atoms with E-state index in [4.69, 9.17) is 4.74 Å². The molecule has 1 rings (SSSR count). The highest BCUT2D eigenvalue weighted by atomic mass is 19.1. The molecule has 0 unspecified atom stereocenters. The summed E-state index contributed by atoms with van der Waals surface area (Å²) in [5.41, 5.74) is 1.85. The molecule has 1 nitrogen and oxygen atoms in total. The van der Waals surface area contributed by atoms with E-state index < -0.39 is 0 Å². The van der Waals surface area contributed by atoms with Crippen molar-refractivity contribution in [3.63, 3.8) is 0 Å². The third-order valence-corrected chi connectivity index (χ3v) is 1.90. The van der Waals surface area contributed by atoms with Gasteiger partial charge in [-0.15, -0.1) is 0 Å². The van der Waals surface area contributed by atoms with E-state index in [0.29, 0.717) is 6.61 Å². The summed E-state index contributed by atoms with van der Waals surface area (Å²) in [5, 5.41) is 0. The summed E-state index contributed by atoms with van der Waals surface area (Å²) in [6.07, 6.45) is 0. The van der Waals surface area contributed by atoms with Crippen LogP contribution in [0.5, 0.6) is 0 Å². The Kier molecular flexibility index (Phi) is 3.43. The van der Waals surface area contributed by atoms with Crippen molar-refractivity contribution in [3.05, 3.63) is 41.1 Å². The zero-order chi connectivity index (χ0) is 9.84. The third-order valence-electron chi connectivity index (χ3n) is 1.90. The van der Waals surface area contributed by atoms with Crippen molar-refractivity contribution in [1.29, 1.82) is 0 Å². The number of benzene rings is 1. The molecule has 0 bridgehead atoms. The highest BCUT2D eigenvalue weighted by Crippen LogP contribution is 2.17. The van der Waals surface area contributed by atoms with Crippen LogP contribution in [0.15, 0.2) is 18.2 Å². The Hall–Kier alpha value is -0.890. The van der Waals surface area contributed by atoms with Crippen molar-refractivity contribution in [2.75, 3.05) is 13.7 Å². The lowest BCUT2D eigenvalue weighted by Crippen LogP contribution is -2.03. The lowest BCUT2D eigenvalue weighted by Gasteiger charge is -2.10. The van der Waals surface area contributed by atoms with Crippen LogP contribution in [0, 0.1) is 18.7 Å². The monoisotopic (exact) mass is 181 g/mol. The average molecular weight is 181 g/mol. The zero-order valence-corrected chi connectivity index (χ0v) is 8.23. The van der Waals surface area contributed by atoms with Gasteiger partial charge < -0.3 is 4.74 Å². The fraction of sp³-hybridized carbons (Fsp3) is 0.364. The fourth-order valence-corrected chi connectivity index (χ4v) is 1.28. The number of hydrogen-bond acceptors (Lipinski definition) is 1. The van der Waals surface area contributed by atoms with Crippen LogP contribution < -0.4 is 0 Å². The minimum Gasteiger partial charge on any atom is -0.384 e. The van der Waals surface area contributed by atoms with Crippen LogP contribution in [-0.4, -0.2) is 13.7 Å². The molecular formula is C11H14FO. The first-order chi connectivity index (χ1) is 6.13. The second kappa shape index (κ2) is 4.38. The second-order valence-electron chi connectivity index (χ2n) is 3.23. The zero-order valence-electron chi connectivity index (χ0n) is 8.23. The van der Waals surface area contributed by atoms with Crippen molar-refractivity contribution in [2.24, 2.45) is 0 Å². The lowest BCUT2D eigenvalue weighted by molar-refractivity contribution is 0.214. The maximum absolute atomic E-state index is 13.0. The molecule has 0 aliphatic heterocycles. The van der Waals surface area contributed by atoms with Gasteiger partial charge >= 0.3 is 0 Å². The van der Waals surface area contributed by atoms with E-state index in [1.54, 1.807) is 7.11 Å². The summed E-state index contributed by atoms with van der Waals surface area (Å²) in [6, 6.07) is 5.00. The molecule has 2 heteroatoms. The summed E-state index contributed by atoms with van der Waals surface area (Å²) < 4.78 is 18.0. The number of rotatable bonds is 3. The Morgan fingerprint density at radius 2 is 2.08 bits per heavy atom. The SMILES string of the molecule is COC[C](C)c1cc(C)cc(F)c1. The fourth-order valence-electron chi connectivity index (χ4n) is 1.28. The predicted octanol–water partition coefficient (Wildman–Crippen LogP) is 2.72. The second-order valence-corrected chi connectivity index (χ2v) is 3.23. The molecule has 0 aromatic heterocycles. The van der Waals surface area contributed by atoms with Crippen molar-refractivity contribution in [3.8, 4) is 0 Å². The molecule has 0 fully saturated rings. The van der Waals surface area contributed by atoms with Gasteiger partial charge in [0.1, 0.15) is 5.82 Å². The van der Waals surface area contributed by atoms with E-state index in [0.717, 1.165) is 17.0 Å². The van der Waals surface area contributed by atoms with Gasteiger partial charge in [0.15, 0.2) is 0 Å². The minimum atomic E-state index is -0.189. The quantitative estimate of drug-likeness (QED) is 0.696. The van der Waals surface area contributed by atoms with Crippen LogP contribution in [-0.2, 0) is 4.74 Å². The summed E-state index contributed by atoms with van der Waals surface area (Å²) in [4.78, 5) is 0. The van der Waals surface area contributed by atoms with Gasteiger partial charge in [-0.25, -0.2) is 4.39 Å². The maximum Gasteiger partial charge on any atom is 0.123 e. The van der Waals surface area contributed by atoms with E-state index >= 15 is 0 Å². The Bertz CT molecular complexity index is 263. The molecule has 0 N–H and O–H groups in total. The number of hydrogen-bond donors (Lipinski definition) is 0. The first-order valence-corrected chi connectivity index (χ1v) is 4.22. The molecule has 1 radical (unpaired) electrons. The molecular weight excluding hydrogens is 167 g/mol. The summed E-state index contributed by atoms with van der Waals surface area (Å²) in [7, 11) is 1.63. The van der Waals surface area contributed by atoms with Crippen molar-refractivity contribution in [2.45, 2.75) is 13.8 Å². The van der Waals surface area contributed by atoms with Crippen LogP contribution in [0.3, 0.4) is 0 Å². The van der Waals surface area contributed by atoms with Crippen molar-refractivity contribution < 1.29 is 9.13 Å². The van der Waals surface area contributed by atoms with E-state index in [2.05, 4.69) is 0 Å². The first kappa shape index (κ1) is 10.2. The van der Waals surface area contributed by atoms with Crippen LogP contribution in [0.1, 0.15) is 18.1 Å². The molecule has 13 heavy (non-hydrogen) atoms. The number of aryl methyl sites for hydroxylation is 1. The molecule has 1 aromatic rings. The number of ether oxygens (including phenoxy) is 1. The van der Waals surface area contributed by atoms with Gasteiger partial charge in [-0.1, -0.05) is 13.0 Å². The van der Waals surface area contributed by atoms with E-state index in [9.17, 15) is 4.39 Å².